The molecule has 0 N–H and O–H groups in total. The van der Waals surface area contributed by atoms with Gasteiger partial charge in [0.2, 0.25) is 0 Å². The fourth-order valence-corrected chi connectivity index (χ4v) is 9.01. The van der Waals surface area contributed by atoms with Crippen LogP contribution in [0.4, 0.5) is 0 Å². The summed E-state index contributed by atoms with van der Waals surface area (Å²) in [5.41, 5.74) is 4.75. The number of para-hydroxylation sites is 1. The number of hydrogen-bond acceptors (Lipinski definition) is 6. The van der Waals surface area contributed by atoms with E-state index in [1.54, 1.807) is 0 Å². The van der Waals surface area contributed by atoms with Crippen molar-refractivity contribution in [2.75, 3.05) is 13.2 Å². The first-order valence-corrected chi connectivity index (χ1v) is 17.2. The summed E-state index contributed by atoms with van der Waals surface area (Å²) in [4.78, 5) is 2.52. The summed E-state index contributed by atoms with van der Waals surface area (Å²) in [6, 6.07) is 37.9. The summed E-state index contributed by atoms with van der Waals surface area (Å²) in [5, 5.41) is 1.05. The van der Waals surface area contributed by atoms with E-state index in [4.69, 9.17) is 23.7 Å². The van der Waals surface area contributed by atoms with E-state index in [9.17, 15) is 0 Å². The normalized spacial score (nSPS) is 29.8. The molecule has 1 unspecified atom stereocenters. The van der Waals surface area contributed by atoms with Gasteiger partial charge in [-0.15, -0.1) is 0 Å². The van der Waals surface area contributed by atoms with E-state index in [0.29, 0.717) is 13.2 Å². The number of benzene rings is 4. The number of ether oxygens (including phenoxy) is 5. The molecule has 0 amide bonds. The van der Waals surface area contributed by atoms with Crippen LogP contribution >= 0.6 is 0 Å². The van der Waals surface area contributed by atoms with Gasteiger partial charge < -0.3 is 0 Å². The Bertz CT molecular complexity index is 1450. The van der Waals surface area contributed by atoms with E-state index < -0.39 is 12.6 Å². The summed E-state index contributed by atoms with van der Waals surface area (Å²) in [7, 11) is 0. The van der Waals surface area contributed by atoms with Crippen LogP contribution in [-0.2, 0) is 31.9 Å². The van der Waals surface area contributed by atoms with Crippen molar-refractivity contribution in [1.29, 1.82) is 0 Å². The van der Waals surface area contributed by atoms with E-state index in [2.05, 4.69) is 77.7 Å². The third kappa shape index (κ3) is 5.56. The first-order valence-electron chi connectivity index (χ1n) is 15.2. The molecule has 0 spiro atoms. The number of likely N-dealkylation sites (tertiary alicyclic amines) is 1. The summed E-state index contributed by atoms with van der Waals surface area (Å²) >= 11 is 0.289. The quantitative estimate of drug-likeness (QED) is 0.259. The summed E-state index contributed by atoms with van der Waals surface area (Å²) in [6.07, 6.45) is 0.181. The van der Waals surface area contributed by atoms with Crippen molar-refractivity contribution in [3.8, 4) is 5.75 Å². The van der Waals surface area contributed by atoms with Gasteiger partial charge in [0, 0.05) is 0 Å². The van der Waals surface area contributed by atoms with Crippen LogP contribution in [0, 0.1) is 0 Å². The fraction of sp³-hybridized carbons (Fsp3) is 0.333. The van der Waals surface area contributed by atoms with E-state index in [-0.39, 0.29) is 45.4 Å². The van der Waals surface area contributed by atoms with Crippen molar-refractivity contribution in [3.63, 3.8) is 0 Å². The molecule has 7 atom stereocenters. The van der Waals surface area contributed by atoms with Gasteiger partial charge in [0.05, 0.1) is 0 Å². The molecule has 3 fully saturated rings. The van der Waals surface area contributed by atoms with Gasteiger partial charge in [-0.2, -0.15) is 0 Å². The minimum atomic E-state index is -0.407. The molecule has 7 heteroatoms. The third-order valence-corrected chi connectivity index (χ3v) is 11.6. The summed E-state index contributed by atoms with van der Waals surface area (Å²) in [5.74, 6) is 1.04. The first-order chi connectivity index (χ1) is 21.3. The van der Waals surface area contributed by atoms with E-state index >= 15 is 0 Å². The number of hydrogen-bond donors (Lipinski definition) is 0. The molecule has 4 aromatic rings. The summed E-state index contributed by atoms with van der Waals surface area (Å²) in [6.45, 7) is 1.97. The van der Waals surface area contributed by atoms with Gasteiger partial charge in [0.25, 0.3) is 0 Å². The Morgan fingerprint density at radius 3 is 1.88 bits per heavy atom. The summed E-state index contributed by atoms with van der Waals surface area (Å²) < 4.78 is 33.9. The molecule has 8 rings (SSSR count). The van der Waals surface area contributed by atoms with Crippen LogP contribution < -0.4 is 9.20 Å². The minimum absolute atomic E-state index is 0.0707. The van der Waals surface area contributed by atoms with Crippen LogP contribution in [0.1, 0.15) is 34.8 Å². The maximum atomic E-state index is 6.74. The Morgan fingerprint density at radius 1 is 0.651 bits per heavy atom. The number of rotatable bonds is 7. The topological polar surface area (TPSA) is 49.4 Å². The van der Waals surface area contributed by atoms with E-state index in [1.807, 2.05) is 36.4 Å². The third-order valence-electron chi connectivity index (χ3n) is 8.94. The first kappa shape index (κ1) is 27.5. The second kappa shape index (κ2) is 12.2. The van der Waals surface area contributed by atoms with E-state index in [0.717, 1.165) is 35.2 Å². The zero-order chi connectivity index (χ0) is 28.6. The van der Waals surface area contributed by atoms with Gasteiger partial charge in [-0.05, 0) is 0 Å². The average molecular weight is 641 g/mol. The molecule has 43 heavy (non-hydrogen) atoms. The number of nitrogens with zero attached hydrogens (tertiary/aromatic N) is 1. The molecule has 6 nitrogen and oxygen atoms in total. The van der Waals surface area contributed by atoms with Crippen molar-refractivity contribution in [3.05, 3.63) is 131 Å². The van der Waals surface area contributed by atoms with Crippen LogP contribution in [0.5, 0.6) is 5.75 Å². The fourth-order valence-electron chi connectivity index (χ4n) is 6.82. The van der Waals surface area contributed by atoms with Gasteiger partial charge in [0.15, 0.2) is 0 Å². The van der Waals surface area contributed by atoms with Gasteiger partial charge in [-0.1, -0.05) is 0 Å². The second-order valence-corrected chi connectivity index (χ2v) is 13.9. The Balaban J connectivity index is 1.02. The Kier molecular flexibility index (Phi) is 7.80. The zero-order valence-corrected chi connectivity index (χ0v) is 25.6. The maximum absolute atomic E-state index is 6.74. The monoisotopic (exact) mass is 641 g/mol. The molecule has 4 heterocycles. The van der Waals surface area contributed by atoms with Crippen molar-refractivity contribution in [2.45, 2.75) is 61.3 Å². The van der Waals surface area contributed by atoms with Crippen LogP contribution in [-0.4, -0.2) is 63.5 Å². The van der Waals surface area contributed by atoms with Gasteiger partial charge >= 0.3 is 260 Å². The Morgan fingerprint density at radius 2 is 1.23 bits per heavy atom. The molecular weight excluding hydrogens is 605 g/mol. The van der Waals surface area contributed by atoms with Crippen LogP contribution in [0.25, 0.3) is 0 Å². The molecule has 0 aliphatic carbocycles. The predicted molar refractivity (Wildman–Crippen MR) is 164 cm³/mol. The second-order valence-electron chi connectivity index (χ2n) is 11.6. The molecule has 0 radical (unpaired) electrons. The average Bonchev–Trinajstić information content (AvgIpc) is 3.63. The van der Waals surface area contributed by atoms with Gasteiger partial charge in [-0.25, -0.2) is 0 Å². The van der Waals surface area contributed by atoms with Crippen molar-refractivity contribution in [1.82, 2.24) is 4.90 Å². The molecule has 220 valence electrons. The molecule has 4 aliphatic heterocycles. The SMILES string of the molecule is c1ccc([C@@H]2OC[C@H]3[C@@H](O2)[C@@H]2O[C@H](c4ccccc4)OC[C@@H]2N3Cc2ccccc2[Se]CC2Cc3ccccc3O2)cc1. The number of fused-ring (bicyclic) bond motifs is 4. The van der Waals surface area contributed by atoms with Gasteiger partial charge in [-0.3, -0.25) is 0 Å². The van der Waals surface area contributed by atoms with Crippen LogP contribution in [0.15, 0.2) is 109 Å². The van der Waals surface area contributed by atoms with Crippen molar-refractivity contribution < 1.29 is 23.7 Å². The Hall–Kier alpha value is -3.00. The molecule has 4 aromatic carbocycles. The molecule has 0 bridgehead atoms. The standard InChI is InChI=1S/C36H35NO5Se/c1-3-11-24(12-4-1)35-38-21-29-33(41-35)34-30(22-39-36(42-34)25-13-5-2-6-14-25)37(29)20-27-16-8-10-18-32(27)43-23-28-19-26-15-7-9-17-31(26)40-28/h1-18,28-30,33-36H,19-23H2/t28?,29-,30-,33+,34+,35+,36+/m0/s1. The molecule has 4 aliphatic rings. The van der Waals surface area contributed by atoms with Gasteiger partial charge in [0.1, 0.15) is 0 Å². The van der Waals surface area contributed by atoms with Crippen molar-refractivity contribution in [2.24, 2.45) is 0 Å². The Labute approximate surface area is 259 Å². The van der Waals surface area contributed by atoms with Crippen molar-refractivity contribution >= 4 is 19.4 Å². The molecule has 0 saturated carbocycles. The van der Waals surface area contributed by atoms with Crippen LogP contribution in [0.2, 0.25) is 5.32 Å². The molecular formula is C36H35NO5Se. The molecule has 0 aromatic heterocycles. The van der Waals surface area contributed by atoms with Crippen LogP contribution in [0.3, 0.4) is 0 Å². The zero-order valence-electron chi connectivity index (χ0n) is 23.9. The van der Waals surface area contributed by atoms with E-state index in [1.165, 1.54) is 15.6 Å². The predicted octanol–water partition coefficient (Wildman–Crippen LogP) is 5.22. The molecule has 3 saturated heterocycles.